The number of rotatable bonds is 4. The maximum atomic E-state index is 3.79. The van der Waals surface area contributed by atoms with Gasteiger partial charge in [-0.25, -0.2) is 0 Å². The SMILES string of the molecule is CCC1C=C2CCC(C)CC2Nc2ccccc21.CCN(C(C)C)C(C)C. The van der Waals surface area contributed by atoms with Gasteiger partial charge in [-0.15, -0.1) is 0 Å². The number of hydrogen-bond donors (Lipinski definition) is 1. The Kier molecular flexibility index (Phi) is 8.41. The number of nitrogens with zero attached hydrogens (tertiary/aromatic N) is 1. The van der Waals surface area contributed by atoms with Gasteiger partial charge in [0.25, 0.3) is 0 Å². The molecule has 0 amide bonds. The van der Waals surface area contributed by atoms with Gasteiger partial charge in [-0.2, -0.15) is 0 Å². The largest absolute Gasteiger partial charge is 0.378 e. The average Bonchev–Trinajstić information content (AvgIpc) is 2.78. The molecule has 2 aliphatic rings. The number of nitrogens with one attached hydrogen (secondary N) is 1. The van der Waals surface area contributed by atoms with Gasteiger partial charge >= 0.3 is 0 Å². The summed E-state index contributed by atoms with van der Waals surface area (Å²) in [7, 11) is 0. The number of fused-ring (bicyclic) bond motifs is 2. The van der Waals surface area contributed by atoms with Crippen molar-refractivity contribution in [3.05, 3.63) is 41.5 Å². The third-order valence-corrected chi connectivity index (χ3v) is 6.25. The lowest BCUT2D eigenvalue weighted by Gasteiger charge is -2.30. The molecule has 0 aromatic heterocycles. The molecule has 3 unspecified atom stereocenters. The van der Waals surface area contributed by atoms with Crippen molar-refractivity contribution in [2.75, 3.05) is 11.9 Å². The van der Waals surface area contributed by atoms with Crippen LogP contribution < -0.4 is 5.32 Å². The highest BCUT2D eigenvalue weighted by atomic mass is 15.2. The molecule has 1 aromatic rings. The van der Waals surface area contributed by atoms with Crippen LogP contribution in [0.15, 0.2) is 35.9 Å². The minimum atomic E-state index is 0.575. The van der Waals surface area contributed by atoms with E-state index in [1.165, 1.54) is 36.9 Å². The van der Waals surface area contributed by atoms with Crippen LogP contribution in [0.5, 0.6) is 0 Å². The molecule has 0 spiro atoms. The molecule has 1 N–H and O–H groups in total. The minimum absolute atomic E-state index is 0.575. The van der Waals surface area contributed by atoms with Crippen molar-refractivity contribution in [3.8, 4) is 0 Å². The molecule has 1 fully saturated rings. The predicted octanol–water partition coefficient (Wildman–Crippen LogP) is 6.85. The fourth-order valence-corrected chi connectivity index (χ4v) is 4.76. The predicted molar refractivity (Wildman–Crippen MR) is 121 cm³/mol. The first kappa shape index (κ1) is 22.0. The molecule has 0 bridgehead atoms. The first-order valence-corrected chi connectivity index (χ1v) is 11.2. The Labute approximate surface area is 168 Å². The molecule has 27 heavy (non-hydrogen) atoms. The number of hydrogen-bond acceptors (Lipinski definition) is 2. The summed E-state index contributed by atoms with van der Waals surface area (Å²) in [5.41, 5.74) is 4.49. The van der Waals surface area contributed by atoms with Gasteiger partial charge in [0.15, 0.2) is 0 Å². The van der Waals surface area contributed by atoms with Gasteiger partial charge in [0.05, 0.1) is 0 Å². The molecule has 2 heteroatoms. The van der Waals surface area contributed by atoms with Crippen LogP contribution in [0.4, 0.5) is 5.69 Å². The van der Waals surface area contributed by atoms with Crippen molar-refractivity contribution < 1.29 is 0 Å². The summed E-state index contributed by atoms with van der Waals surface area (Å²) in [6, 6.07) is 10.8. The summed E-state index contributed by atoms with van der Waals surface area (Å²) in [5, 5.41) is 3.79. The van der Waals surface area contributed by atoms with E-state index in [1.807, 2.05) is 0 Å². The zero-order valence-electron chi connectivity index (χ0n) is 18.8. The van der Waals surface area contributed by atoms with E-state index in [2.05, 4.69) is 89.0 Å². The summed E-state index contributed by atoms with van der Waals surface area (Å²) in [6.07, 6.45) is 7.68. The molecule has 1 heterocycles. The van der Waals surface area contributed by atoms with Crippen LogP contribution in [0.25, 0.3) is 0 Å². The summed E-state index contributed by atoms with van der Waals surface area (Å²) >= 11 is 0. The van der Waals surface area contributed by atoms with Crippen LogP contribution in [-0.4, -0.2) is 29.6 Å². The fourth-order valence-electron chi connectivity index (χ4n) is 4.76. The smallest absolute Gasteiger partial charge is 0.0476 e. The lowest BCUT2D eigenvalue weighted by molar-refractivity contribution is 0.185. The summed E-state index contributed by atoms with van der Waals surface area (Å²) in [5.74, 6) is 1.45. The zero-order chi connectivity index (χ0) is 20.0. The highest BCUT2D eigenvalue weighted by molar-refractivity contribution is 5.58. The van der Waals surface area contributed by atoms with Gasteiger partial charge in [-0.3, -0.25) is 4.90 Å². The third-order valence-electron chi connectivity index (χ3n) is 6.25. The van der Waals surface area contributed by atoms with Crippen LogP contribution in [0.2, 0.25) is 0 Å². The molecule has 0 saturated heterocycles. The van der Waals surface area contributed by atoms with Crippen LogP contribution in [-0.2, 0) is 0 Å². The van der Waals surface area contributed by atoms with Crippen molar-refractivity contribution in [1.82, 2.24) is 4.90 Å². The second-order valence-electron chi connectivity index (χ2n) is 8.94. The van der Waals surface area contributed by atoms with Crippen molar-refractivity contribution in [2.45, 2.75) is 98.2 Å². The highest BCUT2D eigenvalue weighted by Crippen LogP contribution is 2.39. The number of allylic oxidation sites excluding steroid dienone is 1. The van der Waals surface area contributed by atoms with Crippen LogP contribution in [0.1, 0.15) is 85.6 Å². The Morgan fingerprint density at radius 3 is 2.30 bits per heavy atom. The topological polar surface area (TPSA) is 15.3 Å². The Morgan fingerprint density at radius 2 is 1.74 bits per heavy atom. The molecule has 1 saturated carbocycles. The maximum Gasteiger partial charge on any atom is 0.0476 e. The quantitative estimate of drug-likeness (QED) is 0.583. The Morgan fingerprint density at radius 1 is 1.07 bits per heavy atom. The Hall–Kier alpha value is -1.28. The highest BCUT2D eigenvalue weighted by Gasteiger charge is 2.27. The monoisotopic (exact) mass is 370 g/mol. The van der Waals surface area contributed by atoms with E-state index < -0.39 is 0 Å². The van der Waals surface area contributed by atoms with Gasteiger partial charge in [0, 0.05) is 29.7 Å². The average molecular weight is 371 g/mol. The minimum Gasteiger partial charge on any atom is -0.378 e. The fraction of sp³-hybridized carbons (Fsp3) is 0.680. The van der Waals surface area contributed by atoms with Crippen molar-refractivity contribution in [3.63, 3.8) is 0 Å². The maximum absolute atomic E-state index is 3.79. The van der Waals surface area contributed by atoms with Crippen LogP contribution >= 0.6 is 0 Å². The lowest BCUT2D eigenvalue weighted by atomic mass is 9.82. The Balaban J connectivity index is 0.000000249. The first-order valence-electron chi connectivity index (χ1n) is 11.2. The van der Waals surface area contributed by atoms with Crippen molar-refractivity contribution in [1.29, 1.82) is 0 Å². The summed E-state index contributed by atoms with van der Waals surface area (Å²) in [4.78, 5) is 2.46. The molecule has 1 aliphatic carbocycles. The second-order valence-corrected chi connectivity index (χ2v) is 8.94. The summed E-state index contributed by atoms with van der Waals surface area (Å²) in [6.45, 7) is 17.0. The number of anilines is 1. The first-order chi connectivity index (χ1) is 12.9. The second kappa shape index (κ2) is 10.3. The van der Waals surface area contributed by atoms with E-state index in [9.17, 15) is 0 Å². The van der Waals surface area contributed by atoms with Gasteiger partial charge in [-0.1, -0.05) is 50.6 Å². The van der Waals surface area contributed by atoms with Crippen molar-refractivity contribution >= 4 is 5.69 Å². The number of para-hydroxylation sites is 1. The molecule has 3 atom stereocenters. The van der Waals surface area contributed by atoms with E-state index in [0.29, 0.717) is 24.0 Å². The zero-order valence-corrected chi connectivity index (χ0v) is 18.8. The Bertz CT molecular complexity index is 594. The molecule has 3 rings (SSSR count). The molecule has 1 aromatic carbocycles. The van der Waals surface area contributed by atoms with Crippen LogP contribution in [0, 0.1) is 5.92 Å². The molecule has 152 valence electrons. The third kappa shape index (κ3) is 5.85. The molecular weight excluding hydrogens is 328 g/mol. The van der Waals surface area contributed by atoms with E-state index in [4.69, 9.17) is 0 Å². The van der Waals surface area contributed by atoms with E-state index in [0.717, 1.165) is 12.5 Å². The van der Waals surface area contributed by atoms with Crippen LogP contribution in [0.3, 0.4) is 0 Å². The standard InChI is InChI=1S/C17H23N.C8H19N/c1-3-13-11-14-9-8-12(2)10-17(14)18-16-7-5-4-6-15(13)16;1-6-9(7(2)3)8(4)5/h4-7,11-13,17-18H,3,8-10H2,1-2H3;7-8H,6H2,1-5H3. The lowest BCUT2D eigenvalue weighted by Crippen LogP contribution is -2.36. The molecular formula is C25H42N2. The van der Waals surface area contributed by atoms with Gasteiger partial charge in [0.2, 0.25) is 0 Å². The van der Waals surface area contributed by atoms with E-state index in [-0.39, 0.29) is 0 Å². The summed E-state index contributed by atoms with van der Waals surface area (Å²) < 4.78 is 0. The number of benzene rings is 1. The molecule has 0 radical (unpaired) electrons. The van der Waals surface area contributed by atoms with E-state index in [1.54, 1.807) is 5.57 Å². The van der Waals surface area contributed by atoms with E-state index >= 15 is 0 Å². The van der Waals surface area contributed by atoms with Gasteiger partial charge in [-0.05, 0) is 77.5 Å². The molecule has 2 nitrogen and oxygen atoms in total. The normalized spacial score (nSPS) is 24.4. The van der Waals surface area contributed by atoms with Gasteiger partial charge < -0.3 is 5.32 Å². The molecule has 1 aliphatic heterocycles. The van der Waals surface area contributed by atoms with Crippen molar-refractivity contribution in [2.24, 2.45) is 5.92 Å². The van der Waals surface area contributed by atoms with Gasteiger partial charge in [0.1, 0.15) is 0 Å².